The van der Waals surface area contributed by atoms with Crippen LogP contribution >= 0.6 is 0 Å². The maximum absolute atomic E-state index is 12.8. The third kappa shape index (κ3) is 3.40. The Morgan fingerprint density at radius 3 is 2.66 bits per heavy atom. The minimum absolute atomic E-state index is 0.185. The third-order valence-electron chi connectivity index (χ3n) is 4.95. The Hall–Kier alpha value is -3.48. The van der Waals surface area contributed by atoms with Crippen molar-refractivity contribution in [1.82, 2.24) is 4.90 Å². The maximum atomic E-state index is 12.8. The van der Waals surface area contributed by atoms with E-state index in [-0.39, 0.29) is 18.3 Å². The van der Waals surface area contributed by atoms with Crippen LogP contribution in [0.3, 0.4) is 0 Å². The first-order chi connectivity index (χ1) is 14.0. The molecule has 0 atom stereocenters. The fourth-order valence-corrected chi connectivity index (χ4v) is 3.27. The fourth-order valence-electron chi connectivity index (χ4n) is 3.27. The van der Waals surface area contributed by atoms with Crippen molar-refractivity contribution in [2.75, 3.05) is 19.9 Å². The number of nitrogens with zero attached hydrogens (tertiary/aromatic N) is 1. The van der Waals surface area contributed by atoms with Gasteiger partial charge in [0.05, 0.1) is 5.56 Å². The van der Waals surface area contributed by atoms with Crippen LogP contribution in [0.1, 0.15) is 35.3 Å². The van der Waals surface area contributed by atoms with Crippen molar-refractivity contribution in [3.8, 4) is 23.0 Å². The average Bonchev–Trinajstić information content (AvgIpc) is 3.30. The number of fused-ring (bicyclic) bond motifs is 2. The van der Waals surface area contributed by atoms with Crippen LogP contribution in [0.25, 0.3) is 6.08 Å². The third-order valence-corrected chi connectivity index (χ3v) is 4.95. The number of Topliss-reactive ketones (excluding diaryl/α,β-unsaturated/α-hetero) is 1. The van der Waals surface area contributed by atoms with Crippen molar-refractivity contribution < 1.29 is 28.5 Å². The van der Waals surface area contributed by atoms with Crippen molar-refractivity contribution in [1.29, 1.82) is 0 Å². The molecule has 150 valence electrons. The van der Waals surface area contributed by atoms with Gasteiger partial charge < -0.3 is 23.8 Å². The summed E-state index contributed by atoms with van der Waals surface area (Å²) in [5.41, 5.74) is 1.80. The molecule has 2 heterocycles. The second-order valence-electron chi connectivity index (χ2n) is 6.66. The molecule has 7 nitrogen and oxygen atoms in total. The van der Waals surface area contributed by atoms with Crippen LogP contribution in [0.5, 0.6) is 23.0 Å². The van der Waals surface area contributed by atoms with Crippen LogP contribution in [0.15, 0.2) is 36.1 Å². The second kappa shape index (κ2) is 7.50. The number of amides is 1. The molecule has 0 saturated heterocycles. The Labute approximate surface area is 168 Å². The SMILES string of the molecule is CCN(CC)C(=O)Oc1ccc2c(c1C)OC(=Cc1ccc3c(c1)OCO3)C2=O. The molecule has 2 aliphatic rings. The normalized spacial score (nSPS) is 15.3. The first kappa shape index (κ1) is 18.9. The molecule has 0 aromatic heterocycles. The highest BCUT2D eigenvalue weighted by molar-refractivity contribution is 6.15. The number of allylic oxidation sites excluding steroid dienone is 1. The lowest BCUT2D eigenvalue weighted by molar-refractivity contribution is 0.101. The predicted octanol–water partition coefficient (Wildman–Crippen LogP) is 4.18. The van der Waals surface area contributed by atoms with Crippen LogP contribution < -0.4 is 18.9 Å². The van der Waals surface area contributed by atoms with Gasteiger partial charge in [0.25, 0.3) is 0 Å². The van der Waals surface area contributed by atoms with Crippen LogP contribution in [0.2, 0.25) is 0 Å². The molecular weight excluding hydrogens is 374 g/mol. The highest BCUT2D eigenvalue weighted by Gasteiger charge is 2.31. The van der Waals surface area contributed by atoms with Gasteiger partial charge in [-0.15, -0.1) is 0 Å². The van der Waals surface area contributed by atoms with Gasteiger partial charge in [-0.3, -0.25) is 4.79 Å². The van der Waals surface area contributed by atoms with Gasteiger partial charge in [-0.05, 0) is 56.7 Å². The number of ketones is 1. The lowest BCUT2D eigenvalue weighted by atomic mass is 10.1. The monoisotopic (exact) mass is 395 g/mol. The van der Waals surface area contributed by atoms with Crippen LogP contribution in [0, 0.1) is 6.92 Å². The van der Waals surface area contributed by atoms with E-state index >= 15 is 0 Å². The zero-order valence-corrected chi connectivity index (χ0v) is 16.5. The van der Waals surface area contributed by atoms with E-state index in [9.17, 15) is 9.59 Å². The zero-order valence-electron chi connectivity index (χ0n) is 16.5. The van der Waals surface area contributed by atoms with Gasteiger partial charge in [0.1, 0.15) is 11.5 Å². The minimum Gasteiger partial charge on any atom is -0.454 e. The molecule has 0 N–H and O–H groups in total. The summed E-state index contributed by atoms with van der Waals surface area (Å²) in [5, 5.41) is 0. The van der Waals surface area contributed by atoms with Crippen molar-refractivity contribution in [3.63, 3.8) is 0 Å². The highest BCUT2D eigenvalue weighted by Crippen LogP contribution is 2.40. The summed E-state index contributed by atoms with van der Waals surface area (Å²) in [6.45, 7) is 6.82. The Morgan fingerprint density at radius 1 is 1.14 bits per heavy atom. The molecular formula is C22H21NO6. The van der Waals surface area contributed by atoms with Crippen molar-refractivity contribution in [3.05, 3.63) is 52.8 Å². The molecule has 0 spiro atoms. The van der Waals surface area contributed by atoms with Gasteiger partial charge in [-0.2, -0.15) is 0 Å². The van der Waals surface area contributed by atoms with Gasteiger partial charge in [-0.1, -0.05) is 6.07 Å². The molecule has 0 saturated carbocycles. The molecule has 0 fully saturated rings. The van der Waals surface area contributed by atoms with Crippen LogP contribution in [0.4, 0.5) is 4.79 Å². The van der Waals surface area contributed by atoms with E-state index in [4.69, 9.17) is 18.9 Å². The topological polar surface area (TPSA) is 74.3 Å². The minimum atomic E-state index is -0.432. The van der Waals surface area contributed by atoms with Gasteiger partial charge in [0.2, 0.25) is 12.6 Å². The lowest BCUT2D eigenvalue weighted by Crippen LogP contribution is -2.33. The Kier molecular flexibility index (Phi) is 4.88. The number of rotatable bonds is 4. The summed E-state index contributed by atoms with van der Waals surface area (Å²) in [5.74, 6) is 2.06. The molecule has 2 aromatic carbocycles. The van der Waals surface area contributed by atoms with E-state index < -0.39 is 6.09 Å². The van der Waals surface area contributed by atoms with Crippen LogP contribution in [-0.4, -0.2) is 36.7 Å². The summed E-state index contributed by atoms with van der Waals surface area (Å²) in [7, 11) is 0. The molecule has 0 unspecified atom stereocenters. The summed E-state index contributed by atoms with van der Waals surface area (Å²) in [6, 6.07) is 8.65. The first-order valence-corrected chi connectivity index (χ1v) is 9.46. The smallest absolute Gasteiger partial charge is 0.415 e. The number of carbonyl (C=O) groups is 2. The number of benzene rings is 2. The zero-order chi connectivity index (χ0) is 20.5. The van der Waals surface area contributed by atoms with E-state index in [1.807, 2.05) is 19.9 Å². The lowest BCUT2D eigenvalue weighted by Gasteiger charge is -2.19. The predicted molar refractivity (Wildman–Crippen MR) is 106 cm³/mol. The Morgan fingerprint density at radius 2 is 1.90 bits per heavy atom. The molecule has 0 radical (unpaired) electrons. The first-order valence-electron chi connectivity index (χ1n) is 9.46. The van der Waals surface area contributed by atoms with Crippen LogP contribution in [-0.2, 0) is 0 Å². The van der Waals surface area contributed by atoms with Gasteiger partial charge >= 0.3 is 6.09 Å². The van der Waals surface area contributed by atoms with E-state index in [0.29, 0.717) is 47.2 Å². The van der Waals surface area contributed by atoms with Gasteiger partial charge in [-0.25, -0.2) is 4.79 Å². The van der Waals surface area contributed by atoms with Gasteiger partial charge in [0.15, 0.2) is 17.3 Å². The molecule has 1 amide bonds. The van der Waals surface area contributed by atoms with E-state index in [1.54, 1.807) is 42.2 Å². The van der Waals surface area contributed by atoms with Crippen molar-refractivity contribution in [2.45, 2.75) is 20.8 Å². The number of hydrogen-bond acceptors (Lipinski definition) is 6. The van der Waals surface area contributed by atoms with Gasteiger partial charge in [0, 0.05) is 18.7 Å². The summed E-state index contributed by atoms with van der Waals surface area (Å²) < 4.78 is 22.0. The van der Waals surface area contributed by atoms with Crippen molar-refractivity contribution in [2.24, 2.45) is 0 Å². The average molecular weight is 395 g/mol. The Bertz CT molecular complexity index is 1020. The summed E-state index contributed by atoms with van der Waals surface area (Å²) in [6.07, 6.45) is 1.23. The molecule has 2 aliphatic heterocycles. The molecule has 29 heavy (non-hydrogen) atoms. The number of ether oxygens (including phenoxy) is 4. The maximum Gasteiger partial charge on any atom is 0.415 e. The number of hydrogen-bond donors (Lipinski definition) is 0. The molecule has 7 heteroatoms. The standard InChI is InChI=1S/C22H21NO6/c1-4-23(5-2)22(25)29-16-9-7-15-20(24)19(28-21(15)13(16)3)11-14-6-8-17-18(10-14)27-12-26-17/h6-11H,4-5,12H2,1-3H3. The summed E-state index contributed by atoms with van der Waals surface area (Å²) in [4.78, 5) is 26.6. The summed E-state index contributed by atoms with van der Waals surface area (Å²) >= 11 is 0. The van der Waals surface area contributed by atoms with E-state index in [0.717, 1.165) is 5.56 Å². The van der Waals surface area contributed by atoms with Crippen molar-refractivity contribution >= 4 is 18.0 Å². The van der Waals surface area contributed by atoms with E-state index in [2.05, 4.69) is 0 Å². The van der Waals surface area contributed by atoms with E-state index in [1.165, 1.54) is 0 Å². The second-order valence-corrected chi connectivity index (χ2v) is 6.66. The molecule has 0 aliphatic carbocycles. The fraction of sp³-hybridized carbons (Fsp3) is 0.273. The number of carbonyl (C=O) groups excluding carboxylic acids is 2. The highest BCUT2D eigenvalue weighted by atomic mass is 16.7. The molecule has 2 aromatic rings. The molecule has 0 bridgehead atoms. The Balaban J connectivity index is 1.60. The quantitative estimate of drug-likeness (QED) is 0.723. The molecule has 4 rings (SSSR count). The largest absolute Gasteiger partial charge is 0.454 e.